The molecule has 8 heteroatoms. The van der Waals surface area contributed by atoms with Crippen LogP contribution in [-0.2, 0) is 10.2 Å². The van der Waals surface area contributed by atoms with Crippen LogP contribution in [0.25, 0.3) is 0 Å². The summed E-state index contributed by atoms with van der Waals surface area (Å²) < 4.78 is 28.9. The van der Waals surface area contributed by atoms with Crippen LogP contribution in [0, 0.1) is 6.92 Å². The van der Waals surface area contributed by atoms with Gasteiger partial charge in [-0.1, -0.05) is 6.92 Å². The second-order valence-corrected chi connectivity index (χ2v) is 7.15. The molecule has 0 radical (unpaired) electrons. The van der Waals surface area contributed by atoms with Crippen LogP contribution in [0.1, 0.15) is 18.9 Å². The van der Waals surface area contributed by atoms with Crippen LogP contribution >= 0.6 is 15.9 Å². The molecule has 0 amide bonds. The molecule has 0 aromatic carbocycles. The first-order valence-corrected chi connectivity index (χ1v) is 8.67. The molecule has 0 aliphatic carbocycles. The van der Waals surface area contributed by atoms with Gasteiger partial charge in [-0.3, -0.25) is 4.72 Å². The quantitative estimate of drug-likeness (QED) is 0.689. The first-order valence-electron chi connectivity index (χ1n) is 6.43. The summed E-state index contributed by atoms with van der Waals surface area (Å²) in [7, 11) is -2.00. The molecule has 0 unspecified atom stereocenters. The molecule has 0 fully saturated rings. The van der Waals surface area contributed by atoms with Gasteiger partial charge in [0.25, 0.3) is 0 Å². The Morgan fingerprint density at radius 3 is 2.75 bits per heavy atom. The molecule has 0 spiro atoms. The number of nitrogens with zero attached hydrogens (tertiary/aromatic N) is 2. The van der Waals surface area contributed by atoms with Gasteiger partial charge in [0.05, 0.1) is 0 Å². The van der Waals surface area contributed by atoms with E-state index in [0.29, 0.717) is 12.4 Å². The zero-order valence-electron chi connectivity index (χ0n) is 12.0. The lowest BCUT2D eigenvalue weighted by Gasteiger charge is -2.18. The van der Waals surface area contributed by atoms with E-state index < -0.39 is 10.2 Å². The van der Waals surface area contributed by atoms with E-state index in [1.165, 1.54) is 4.31 Å². The van der Waals surface area contributed by atoms with E-state index in [1.54, 1.807) is 20.2 Å². The fourth-order valence-electron chi connectivity index (χ4n) is 1.57. The van der Waals surface area contributed by atoms with Gasteiger partial charge in [0, 0.05) is 24.3 Å². The zero-order chi connectivity index (χ0) is 15.2. The third kappa shape index (κ3) is 5.35. The van der Waals surface area contributed by atoms with Gasteiger partial charge in [0.1, 0.15) is 5.82 Å². The maximum absolute atomic E-state index is 12.1. The highest BCUT2D eigenvalue weighted by molar-refractivity contribution is 9.10. The Bertz CT molecular complexity index is 536. The summed E-state index contributed by atoms with van der Waals surface area (Å²) >= 11 is 3.30. The van der Waals surface area contributed by atoms with Crippen LogP contribution in [0.3, 0.4) is 0 Å². The van der Waals surface area contributed by atoms with Crippen molar-refractivity contribution in [3.05, 3.63) is 22.3 Å². The van der Waals surface area contributed by atoms with Crippen LogP contribution in [0.15, 0.2) is 16.7 Å². The predicted octanol–water partition coefficient (Wildman–Crippen LogP) is 1.74. The van der Waals surface area contributed by atoms with Crippen molar-refractivity contribution in [1.82, 2.24) is 14.6 Å². The number of nitrogens with one attached hydrogen (secondary N) is 2. The average molecular weight is 365 g/mol. The Labute approximate surface area is 129 Å². The number of aromatic nitrogens is 1. The average Bonchev–Trinajstić information content (AvgIpc) is 2.37. The molecule has 6 nitrogen and oxygen atoms in total. The summed E-state index contributed by atoms with van der Waals surface area (Å²) in [6.07, 6.45) is 2.33. The van der Waals surface area contributed by atoms with Gasteiger partial charge >= 0.3 is 10.2 Å². The molecule has 0 aliphatic rings. The lowest BCUT2D eigenvalue weighted by Crippen LogP contribution is -2.35. The summed E-state index contributed by atoms with van der Waals surface area (Å²) in [5.74, 6) is 0.353. The summed E-state index contributed by atoms with van der Waals surface area (Å²) in [6, 6.07) is 1.82. The third-order valence-corrected chi connectivity index (χ3v) is 4.65. The number of anilines is 1. The van der Waals surface area contributed by atoms with E-state index in [9.17, 15) is 8.42 Å². The Morgan fingerprint density at radius 2 is 2.15 bits per heavy atom. The minimum Gasteiger partial charge on any atom is -0.317 e. The molecule has 0 saturated heterocycles. The number of hydrogen-bond donors (Lipinski definition) is 2. The third-order valence-electron chi connectivity index (χ3n) is 2.76. The molecular formula is C12H21BrN4O2S. The van der Waals surface area contributed by atoms with Gasteiger partial charge in [-0.25, -0.2) is 4.98 Å². The van der Waals surface area contributed by atoms with Crippen molar-refractivity contribution in [2.45, 2.75) is 20.3 Å². The monoisotopic (exact) mass is 364 g/mol. The number of pyridine rings is 1. The SMILES string of the molecule is CCNCCCN(C)S(=O)(=O)Nc1ncc(Br)cc1C. The molecule has 114 valence electrons. The van der Waals surface area contributed by atoms with E-state index in [4.69, 9.17) is 0 Å². The van der Waals surface area contributed by atoms with Gasteiger partial charge in [0.15, 0.2) is 0 Å². The van der Waals surface area contributed by atoms with Crippen molar-refractivity contribution >= 4 is 32.0 Å². The van der Waals surface area contributed by atoms with Crippen LogP contribution in [-0.4, -0.2) is 44.4 Å². The molecule has 0 aliphatic heterocycles. The highest BCUT2D eigenvalue weighted by Crippen LogP contribution is 2.18. The van der Waals surface area contributed by atoms with E-state index in [0.717, 1.165) is 29.5 Å². The van der Waals surface area contributed by atoms with Gasteiger partial charge in [-0.05, 0) is 54.0 Å². The van der Waals surface area contributed by atoms with Crippen molar-refractivity contribution in [2.75, 3.05) is 31.4 Å². The van der Waals surface area contributed by atoms with E-state index in [-0.39, 0.29) is 0 Å². The molecule has 0 atom stereocenters. The highest BCUT2D eigenvalue weighted by Gasteiger charge is 2.18. The maximum atomic E-state index is 12.1. The van der Waals surface area contributed by atoms with Gasteiger partial charge < -0.3 is 5.32 Å². The fraction of sp³-hybridized carbons (Fsp3) is 0.583. The molecule has 1 heterocycles. The first kappa shape index (κ1) is 17.4. The lowest BCUT2D eigenvalue weighted by atomic mass is 10.3. The Balaban J connectivity index is 2.64. The molecule has 2 N–H and O–H groups in total. The van der Waals surface area contributed by atoms with Crippen LogP contribution in [0.4, 0.5) is 5.82 Å². The number of hydrogen-bond acceptors (Lipinski definition) is 4. The molecule has 0 saturated carbocycles. The molecule has 1 rings (SSSR count). The second kappa shape index (κ2) is 7.92. The Morgan fingerprint density at radius 1 is 1.45 bits per heavy atom. The van der Waals surface area contributed by atoms with Crippen molar-refractivity contribution in [3.63, 3.8) is 0 Å². The second-order valence-electron chi connectivity index (χ2n) is 4.45. The molecule has 0 bridgehead atoms. The lowest BCUT2D eigenvalue weighted by molar-refractivity contribution is 0.459. The number of rotatable bonds is 8. The minimum absolute atomic E-state index is 0.353. The van der Waals surface area contributed by atoms with Gasteiger partial charge in [0.2, 0.25) is 0 Å². The molecule has 20 heavy (non-hydrogen) atoms. The summed E-state index contributed by atoms with van der Waals surface area (Å²) in [6.45, 7) is 5.96. The topological polar surface area (TPSA) is 74.3 Å². The highest BCUT2D eigenvalue weighted by atomic mass is 79.9. The van der Waals surface area contributed by atoms with Crippen molar-refractivity contribution in [2.24, 2.45) is 0 Å². The Kier molecular flexibility index (Phi) is 6.87. The van der Waals surface area contributed by atoms with Gasteiger partial charge in [-0.15, -0.1) is 0 Å². The van der Waals surface area contributed by atoms with Crippen molar-refractivity contribution in [1.29, 1.82) is 0 Å². The van der Waals surface area contributed by atoms with E-state index in [2.05, 4.69) is 31.0 Å². The predicted molar refractivity (Wildman–Crippen MR) is 85.0 cm³/mol. The van der Waals surface area contributed by atoms with Crippen molar-refractivity contribution in [3.8, 4) is 0 Å². The zero-order valence-corrected chi connectivity index (χ0v) is 14.4. The number of aryl methyl sites for hydroxylation is 1. The van der Waals surface area contributed by atoms with Crippen LogP contribution in [0.5, 0.6) is 0 Å². The summed E-state index contributed by atoms with van der Waals surface area (Å²) in [4.78, 5) is 4.08. The smallest absolute Gasteiger partial charge is 0.302 e. The largest absolute Gasteiger partial charge is 0.317 e. The Hall–Kier alpha value is -0.700. The maximum Gasteiger partial charge on any atom is 0.302 e. The van der Waals surface area contributed by atoms with Crippen molar-refractivity contribution < 1.29 is 8.42 Å². The normalized spacial score (nSPS) is 11.8. The van der Waals surface area contributed by atoms with E-state index >= 15 is 0 Å². The number of halogens is 1. The molecular weight excluding hydrogens is 344 g/mol. The fourth-order valence-corrected chi connectivity index (χ4v) is 3.00. The van der Waals surface area contributed by atoms with Crippen LogP contribution in [0.2, 0.25) is 0 Å². The standard InChI is InChI=1S/C12H21BrN4O2S/c1-4-14-6-5-7-17(3)20(18,19)16-12-10(2)8-11(13)9-15-12/h8-9,14H,4-7H2,1-3H3,(H,15,16). The van der Waals surface area contributed by atoms with Gasteiger partial charge in [-0.2, -0.15) is 12.7 Å². The summed E-state index contributed by atoms with van der Waals surface area (Å²) in [5.41, 5.74) is 0.768. The first-order chi connectivity index (χ1) is 9.36. The van der Waals surface area contributed by atoms with Crippen LogP contribution < -0.4 is 10.0 Å². The molecule has 1 aromatic rings. The molecule has 1 aromatic heterocycles. The minimum atomic E-state index is -3.56. The van der Waals surface area contributed by atoms with E-state index in [1.807, 2.05) is 13.0 Å². The summed E-state index contributed by atoms with van der Waals surface area (Å²) in [5, 5.41) is 3.16.